The van der Waals surface area contributed by atoms with E-state index in [9.17, 15) is 9.90 Å². The lowest BCUT2D eigenvalue weighted by Crippen LogP contribution is -2.44. The molecule has 0 aliphatic carbocycles. The molecule has 19 heavy (non-hydrogen) atoms. The van der Waals surface area contributed by atoms with Gasteiger partial charge in [-0.1, -0.05) is 30.3 Å². The average molecular weight is 263 g/mol. The Hall–Kier alpha value is -1.39. The molecule has 2 rings (SSSR count). The molecule has 0 radical (unpaired) electrons. The third-order valence-corrected chi connectivity index (χ3v) is 3.74. The third kappa shape index (κ3) is 3.78. The number of carbonyl (C=O) groups excluding carboxylic acids is 1. The number of nitrogens with one attached hydrogen (secondary N) is 1. The molecule has 0 amide bonds. The van der Waals surface area contributed by atoms with E-state index in [2.05, 4.69) is 5.32 Å². The van der Waals surface area contributed by atoms with E-state index in [0.717, 1.165) is 24.9 Å². The second kappa shape index (κ2) is 6.68. The van der Waals surface area contributed by atoms with E-state index in [-0.39, 0.29) is 12.0 Å². The Morgan fingerprint density at radius 3 is 2.89 bits per heavy atom. The van der Waals surface area contributed by atoms with E-state index in [4.69, 9.17) is 4.74 Å². The summed E-state index contributed by atoms with van der Waals surface area (Å²) in [5.41, 5.74) is 0.940. The molecule has 1 aliphatic rings. The molecule has 1 saturated heterocycles. The van der Waals surface area contributed by atoms with Gasteiger partial charge < -0.3 is 15.2 Å². The van der Waals surface area contributed by atoms with Crippen molar-refractivity contribution in [3.63, 3.8) is 0 Å². The Morgan fingerprint density at radius 1 is 1.47 bits per heavy atom. The number of ether oxygens (including phenoxy) is 1. The number of benzene rings is 1. The minimum absolute atomic E-state index is 0.209. The van der Waals surface area contributed by atoms with Crippen LogP contribution in [0.15, 0.2) is 30.3 Å². The summed E-state index contributed by atoms with van der Waals surface area (Å²) in [6.45, 7) is 0.798. The molecule has 2 N–H and O–H groups in total. The quantitative estimate of drug-likeness (QED) is 0.811. The van der Waals surface area contributed by atoms with Crippen molar-refractivity contribution in [2.24, 2.45) is 5.92 Å². The van der Waals surface area contributed by atoms with Crippen LogP contribution in [0.4, 0.5) is 0 Å². The molecule has 1 heterocycles. The van der Waals surface area contributed by atoms with Crippen molar-refractivity contribution in [1.29, 1.82) is 0 Å². The smallest absolute Gasteiger partial charge is 0.322 e. The first-order chi connectivity index (χ1) is 9.20. The van der Waals surface area contributed by atoms with Crippen LogP contribution in [0.25, 0.3) is 0 Å². The predicted octanol–water partition coefficient (Wildman–Crippen LogP) is 1.65. The van der Waals surface area contributed by atoms with Gasteiger partial charge in [0.2, 0.25) is 0 Å². The zero-order valence-corrected chi connectivity index (χ0v) is 11.2. The minimum atomic E-state index is -0.456. The van der Waals surface area contributed by atoms with Crippen LogP contribution in [0.1, 0.15) is 30.9 Å². The number of esters is 1. The van der Waals surface area contributed by atoms with Crippen LogP contribution >= 0.6 is 0 Å². The van der Waals surface area contributed by atoms with E-state index in [1.54, 1.807) is 0 Å². The van der Waals surface area contributed by atoms with E-state index in [1.165, 1.54) is 7.11 Å². The molecular weight excluding hydrogens is 242 g/mol. The molecule has 104 valence electrons. The maximum atomic E-state index is 11.5. The first kappa shape index (κ1) is 14.0. The lowest BCUT2D eigenvalue weighted by atomic mass is 9.86. The normalized spacial score (nSPS) is 24.7. The first-order valence-electron chi connectivity index (χ1n) is 6.75. The number of rotatable bonds is 4. The van der Waals surface area contributed by atoms with Gasteiger partial charge in [-0.3, -0.25) is 4.79 Å². The number of aliphatic hydroxyl groups excluding tert-OH is 1. The SMILES string of the molecule is COC(=O)C1CC(C[C@H](O)c2ccccc2)CCN1. The van der Waals surface area contributed by atoms with Crippen LogP contribution in [0.3, 0.4) is 0 Å². The van der Waals surface area contributed by atoms with Crippen molar-refractivity contribution >= 4 is 5.97 Å². The number of hydrogen-bond acceptors (Lipinski definition) is 4. The van der Waals surface area contributed by atoms with Gasteiger partial charge in [-0.2, -0.15) is 0 Å². The molecule has 1 aromatic rings. The first-order valence-corrected chi connectivity index (χ1v) is 6.75. The maximum absolute atomic E-state index is 11.5. The van der Waals surface area contributed by atoms with Crippen LogP contribution in [-0.4, -0.2) is 30.8 Å². The highest BCUT2D eigenvalue weighted by Crippen LogP contribution is 2.28. The summed E-state index contributed by atoms with van der Waals surface area (Å²) in [5, 5.41) is 13.4. The molecule has 1 fully saturated rings. The van der Waals surface area contributed by atoms with Gasteiger partial charge in [0.1, 0.15) is 6.04 Å². The fourth-order valence-corrected chi connectivity index (χ4v) is 2.66. The molecule has 2 unspecified atom stereocenters. The lowest BCUT2D eigenvalue weighted by Gasteiger charge is -2.30. The number of methoxy groups -OCH3 is 1. The molecule has 4 nitrogen and oxygen atoms in total. The molecule has 1 aliphatic heterocycles. The number of carbonyl (C=O) groups is 1. The minimum Gasteiger partial charge on any atom is -0.468 e. The Morgan fingerprint density at radius 2 is 2.21 bits per heavy atom. The van der Waals surface area contributed by atoms with Gasteiger partial charge in [-0.05, 0) is 37.3 Å². The van der Waals surface area contributed by atoms with E-state index < -0.39 is 6.10 Å². The Bertz CT molecular complexity index is 407. The van der Waals surface area contributed by atoms with Crippen molar-refractivity contribution in [1.82, 2.24) is 5.32 Å². The highest BCUT2D eigenvalue weighted by atomic mass is 16.5. The van der Waals surface area contributed by atoms with Gasteiger partial charge in [0, 0.05) is 0 Å². The average Bonchev–Trinajstić information content (AvgIpc) is 2.47. The van der Waals surface area contributed by atoms with Gasteiger partial charge in [0.15, 0.2) is 0 Å². The topological polar surface area (TPSA) is 58.6 Å². The van der Waals surface area contributed by atoms with Crippen molar-refractivity contribution in [2.45, 2.75) is 31.4 Å². The van der Waals surface area contributed by atoms with Crippen molar-refractivity contribution in [3.8, 4) is 0 Å². The van der Waals surface area contributed by atoms with E-state index in [1.807, 2.05) is 30.3 Å². The lowest BCUT2D eigenvalue weighted by molar-refractivity contribution is -0.144. The van der Waals surface area contributed by atoms with Crippen LogP contribution in [0, 0.1) is 5.92 Å². The molecule has 4 heteroatoms. The van der Waals surface area contributed by atoms with Gasteiger partial charge in [0.05, 0.1) is 13.2 Å². The molecule has 1 aromatic carbocycles. The summed E-state index contributed by atoms with van der Waals surface area (Å²) < 4.78 is 4.76. The van der Waals surface area contributed by atoms with Crippen LogP contribution in [0.5, 0.6) is 0 Å². The molecular formula is C15H21NO3. The van der Waals surface area contributed by atoms with E-state index in [0.29, 0.717) is 12.3 Å². The fraction of sp³-hybridized carbons (Fsp3) is 0.533. The molecule has 0 spiro atoms. The predicted molar refractivity (Wildman–Crippen MR) is 72.5 cm³/mol. The van der Waals surface area contributed by atoms with Crippen molar-refractivity contribution in [2.75, 3.05) is 13.7 Å². The zero-order chi connectivity index (χ0) is 13.7. The third-order valence-electron chi connectivity index (χ3n) is 3.74. The number of piperidine rings is 1. The number of hydrogen-bond donors (Lipinski definition) is 2. The van der Waals surface area contributed by atoms with Gasteiger partial charge in [-0.25, -0.2) is 0 Å². The fourth-order valence-electron chi connectivity index (χ4n) is 2.66. The maximum Gasteiger partial charge on any atom is 0.322 e. The summed E-state index contributed by atoms with van der Waals surface area (Å²) in [6, 6.07) is 9.43. The second-order valence-electron chi connectivity index (χ2n) is 5.08. The second-order valence-corrected chi connectivity index (χ2v) is 5.08. The Balaban J connectivity index is 1.90. The highest BCUT2D eigenvalue weighted by molar-refractivity contribution is 5.75. The zero-order valence-electron chi connectivity index (χ0n) is 11.2. The van der Waals surface area contributed by atoms with Crippen LogP contribution in [-0.2, 0) is 9.53 Å². The number of aliphatic hydroxyl groups is 1. The standard InChI is InChI=1S/C15H21NO3/c1-19-15(18)13-9-11(7-8-16-13)10-14(17)12-5-3-2-4-6-12/h2-6,11,13-14,16-17H,7-10H2,1H3/t11?,13?,14-/m0/s1. The summed E-state index contributed by atoms with van der Waals surface area (Å²) in [4.78, 5) is 11.5. The summed E-state index contributed by atoms with van der Waals surface area (Å²) in [5.74, 6) is 0.138. The molecule has 0 saturated carbocycles. The molecule has 0 bridgehead atoms. The van der Waals surface area contributed by atoms with Crippen LogP contribution in [0.2, 0.25) is 0 Å². The van der Waals surface area contributed by atoms with Crippen molar-refractivity contribution in [3.05, 3.63) is 35.9 Å². The van der Waals surface area contributed by atoms with E-state index >= 15 is 0 Å². The van der Waals surface area contributed by atoms with Crippen molar-refractivity contribution < 1.29 is 14.6 Å². The highest BCUT2D eigenvalue weighted by Gasteiger charge is 2.28. The Labute approximate surface area is 113 Å². The van der Waals surface area contributed by atoms with Crippen LogP contribution < -0.4 is 5.32 Å². The molecule has 3 atom stereocenters. The summed E-state index contributed by atoms with van der Waals surface area (Å²) in [7, 11) is 1.41. The largest absolute Gasteiger partial charge is 0.468 e. The summed E-state index contributed by atoms with van der Waals surface area (Å²) in [6.07, 6.45) is 1.95. The van der Waals surface area contributed by atoms with Gasteiger partial charge >= 0.3 is 5.97 Å². The summed E-state index contributed by atoms with van der Waals surface area (Å²) >= 11 is 0. The van der Waals surface area contributed by atoms with Gasteiger partial charge in [0.25, 0.3) is 0 Å². The van der Waals surface area contributed by atoms with Gasteiger partial charge in [-0.15, -0.1) is 0 Å². The molecule has 0 aromatic heterocycles. The monoisotopic (exact) mass is 263 g/mol. The Kier molecular flexibility index (Phi) is 4.93.